The van der Waals surface area contributed by atoms with Gasteiger partial charge in [0.25, 0.3) is 0 Å². The maximum absolute atomic E-state index is 5.92. The molecule has 35 heavy (non-hydrogen) atoms. The Balaban J connectivity index is 1.41. The van der Waals surface area contributed by atoms with E-state index in [1.807, 2.05) is 47.0 Å². The Bertz CT molecular complexity index is 1390. The van der Waals surface area contributed by atoms with Crippen molar-refractivity contribution in [2.75, 3.05) is 21.3 Å². The van der Waals surface area contributed by atoms with Crippen LogP contribution in [-0.4, -0.2) is 46.3 Å². The Morgan fingerprint density at radius 2 is 1.63 bits per heavy atom. The molecule has 5 rings (SSSR count). The monoisotopic (exact) mass is 491 g/mol. The van der Waals surface area contributed by atoms with Crippen LogP contribution >= 0.6 is 11.8 Å². The van der Waals surface area contributed by atoms with E-state index in [4.69, 9.17) is 23.0 Å². The zero-order valence-corrected chi connectivity index (χ0v) is 20.0. The first-order chi connectivity index (χ1) is 17.2. The maximum atomic E-state index is 5.92. The number of benzene rings is 2. The Labute approximate surface area is 204 Å². The van der Waals surface area contributed by atoms with E-state index in [0.717, 1.165) is 5.69 Å². The average Bonchev–Trinajstić information content (AvgIpc) is 3.67. The molecule has 0 saturated carbocycles. The van der Waals surface area contributed by atoms with Crippen molar-refractivity contribution in [3.8, 4) is 46.0 Å². The highest BCUT2D eigenvalue weighted by atomic mass is 32.2. The summed E-state index contributed by atoms with van der Waals surface area (Å²) in [5, 5.41) is 17.8. The number of rotatable bonds is 9. The summed E-state index contributed by atoms with van der Waals surface area (Å²) in [5.74, 6) is 3.86. The van der Waals surface area contributed by atoms with Crippen LogP contribution in [0.25, 0.3) is 28.7 Å². The van der Waals surface area contributed by atoms with Crippen molar-refractivity contribution in [1.82, 2.24) is 25.0 Å². The van der Waals surface area contributed by atoms with Crippen molar-refractivity contribution in [3.05, 3.63) is 66.8 Å². The number of para-hydroxylation sites is 1. The number of nitrogens with zero attached hydrogens (tertiary/aromatic N) is 5. The number of hydrogen-bond acceptors (Lipinski definition) is 10. The zero-order valence-electron chi connectivity index (χ0n) is 19.2. The minimum atomic E-state index is 0.334. The SMILES string of the molecule is COc1cc(-c2nnc(CSc3nnc(-c4ccco4)n3-c3ccccc3)o2)cc(OC)c1OC. The molecule has 0 unspecified atom stereocenters. The fourth-order valence-electron chi connectivity index (χ4n) is 3.50. The van der Waals surface area contributed by atoms with Crippen molar-refractivity contribution < 1.29 is 23.0 Å². The Hall–Kier alpha value is -4.25. The van der Waals surface area contributed by atoms with Gasteiger partial charge >= 0.3 is 0 Å². The van der Waals surface area contributed by atoms with E-state index in [9.17, 15) is 0 Å². The van der Waals surface area contributed by atoms with Crippen LogP contribution in [0.2, 0.25) is 0 Å². The second kappa shape index (κ2) is 9.94. The van der Waals surface area contributed by atoms with Gasteiger partial charge in [-0.3, -0.25) is 4.57 Å². The fourth-order valence-corrected chi connectivity index (χ4v) is 4.29. The third-order valence-corrected chi connectivity index (χ3v) is 6.01. The predicted molar refractivity (Wildman–Crippen MR) is 128 cm³/mol. The number of ether oxygens (including phenoxy) is 3. The van der Waals surface area contributed by atoms with Gasteiger partial charge in [-0.15, -0.1) is 20.4 Å². The molecule has 0 spiro atoms. The second-order valence-corrected chi connectivity index (χ2v) is 8.10. The predicted octanol–water partition coefficient (Wildman–Crippen LogP) is 4.90. The van der Waals surface area contributed by atoms with Crippen molar-refractivity contribution in [2.24, 2.45) is 0 Å². The summed E-state index contributed by atoms with van der Waals surface area (Å²) in [7, 11) is 4.65. The van der Waals surface area contributed by atoms with Crippen LogP contribution in [0.3, 0.4) is 0 Å². The van der Waals surface area contributed by atoms with Crippen molar-refractivity contribution >= 4 is 11.8 Å². The molecule has 0 atom stereocenters. The van der Waals surface area contributed by atoms with Gasteiger partial charge in [0, 0.05) is 11.3 Å². The zero-order chi connectivity index (χ0) is 24.2. The molecule has 2 aromatic carbocycles. The summed E-state index contributed by atoms with van der Waals surface area (Å²) < 4.78 is 29.6. The summed E-state index contributed by atoms with van der Waals surface area (Å²) in [6.45, 7) is 0. The summed E-state index contributed by atoms with van der Waals surface area (Å²) in [5.41, 5.74) is 1.56. The highest BCUT2D eigenvalue weighted by molar-refractivity contribution is 7.98. The van der Waals surface area contributed by atoms with Gasteiger partial charge in [-0.25, -0.2) is 0 Å². The highest BCUT2D eigenvalue weighted by Crippen LogP contribution is 2.41. The number of thioether (sulfide) groups is 1. The van der Waals surface area contributed by atoms with Gasteiger partial charge in [-0.1, -0.05) is 30.0 Å². The molecule has 3 heterocycles. The lowest BCUT2D eigenvalue weighted by atomic mass is 10.2. The molecule has 0 aliphatic rings. The first-order valence-electron chi connectivity index (χ1n) is 10.5. The number of aromatic nitrogens is 5. The van der Waals surface area contributed by atoms with E-state index < -0.39 is 0 Å². The van der Waals surface area contributed by atoms with Crippen LogP contribution in [0, 0.1) is 0 Å². The van der Waals surface area contributed by atoms with E-state index in [2.05, 4.69) is 20.4 Å². The molecule has 0 amide bonds. The molecule has 0 aliphatic heterocycles. The Morgan fingerprint density at radius 3 is 2.29 bits per heavy atom. The Morgan fingerprint density at radius 1 is 0.857 bits per heavy atom. The second-order valence-electron chi connectivity index (χ2n) is 7.16. The first kappa shape index (κ1) is 22.5. The van der Waals surface area contributed by atoms with Crippen molar-refractivity contribution in [1.29, 1.82) is 0 Å². The largest absolute Gasteiger partial charge is 0.493 e. The van der Waals surface area contributed by atoms with E-state index in [1.54, 1.807) is 39.7 Å². The van der Waals surface area contributed by atoms with Crippen LogP contribution < -0.4 is 14.2 Å². The minimum absolute atomic E-state index is 0.334. The molecule has 3 aromatic heterocycles. The van der Waals surface area contributed by atoms with E-state index >= 15 is 0 Å². The molecule has 178 valence electrons. The summed E-state index contributed by atoms with van der Waals surface area (Å²) in [4.78, 5) is 0. The van der Waals surface area contributed by atoms with Gasteiger partial charge in [0.2, 0.25) is 23.4 Å². The topological polar surface area (TPSA) is 110 Å². The van der Waals surface area contributed by atoms with Crippen LogP contribution in [0.5, 0.6) is 17.2 Å². The average molecular weight is 492 g/mol. The molecular formula is C24H21N5O5S. The Kier molecular flexibility index (Phi) is 6.40. The van der Waals surface area contributed by atoms with Crippen LogP contribution in [-0.2, 0) is 5.75 Å². The quantitative estimate of drug-likeness (QED) is 0.264. The van der Waals surface area contributed by atoms with Crippen molar-refractivity contribution in [3.63, 3.8) is 0 Å². The summed E-state index contributed by atoms with van der Waals surface area (Å²) >= 11 is 1.43. The van der Waals surface area contributed by atoms with Crippen LogP contribution in [0.4, 0.5) is 0 Å². The van der Waals surface area contributed by atoms with Gasteiger partial charge in [-0.2, -0.15) is 0 Å². The summed E-state index contributed by atoms with van der Waals surface area (Å²) in [6.07, 6.45) is 1.61. The molecule has 0 aliphatic carbocycles. The van der Waals surface area contributed by atoms with Gasteiger partial charge in [0.1, 0.15) is 0 Å². The molecule has 5 aromatic rings. The molecule has 0 N–H and O–H groups in total. The van der Waals surface area contributed by atoms with E-state index in [0.29, 0.717) is 57.1 Å². The third kappa shape index (κ3) is 4.45. The highest BCUT2D eigenvalue weighted by Gasteiger charge is 2.20. The molecule has 0 saturated heterocycles. The van der Waals surface area contributed by atoms with Crippen molar-refractivity contribution in [2.45, 2.75) is 10.9 Å². The van der Waals surface area contributed by atoms with E-state index in [1.165, 1.54) is 11.8 Å². The van der Waals surface area contributed by atoms with Gasteiger partial charge in [0.15, 0.2) is 22.4 Å². The lowest BCUT2D eigenvalue weighted by molar-refractivity contribution is 0.324. The van der Waals surface area contributed by atoms with E-state index in [-0.39, 0.29) is 0 Å². The van der Waals surface area contributed by atoms with Gasteiger partial charge in [0.05, 0.1) is 33.3 Å². The number of methoxy groups -OCH3 is 3. The third-order valence-electron chi connectivity index (χ3n) is 5.09. The van der Waals surface area contributed by atoms with Crippen LogP contribution in [0.15, 0.2) is 74.9 Å². The molecule has 11 heteroatoms. The van der Waals surface area contributed by atoms with Gasteiger partial charge in [-0.05, 0) is 36.4 Å². The number of hydrogen-bond donors (Lipinski definition) is 0. The normalized spacial score (nSPS) is 10.9. The molecule has 10 nitrogen and oxygen atoms in total. The molecular weight excluding hydrogens is 470 g/mol. The summed E-state index contributed by atoms with van der Waals surface area (Å²) in [6, 6.07) is 17.0. The molecule has 0 radical (unpaired) electrons. The van der Waals surface area contributed by atoms with Gasteiger partial charge < -0.3 is 23.0 Å². The number of furan rings is 1. The molecule has 0 fully saturated rings. The standard InChI is InChI=1S/C24H21N5O5S/c1-30-18-12-15(13-19(31-2)21(18)32-3)23-27-25-20(34-23)14-35-24-28-26-22(17-10-7-11-33-17)29(24)16-8-5-4-6-9-16/h4-13H,14H2,1-3H3. The first-order valence-corrected chi connectivity index (χ1v) is 11.5. The lowest BCUT2D eigenvalue weighted by Gasteiger charge is -2.12. The lowest BCUT2D eigenvalue weighted by Crippen LogP contribution is -1.99. The fraction of sp³-hybridized carbons (Fsp3) is 0.167. The smallest absolute Gasteiger partial charge is 0.248 e. The molecule has 0 bridgehead atoms. The maximum Gasteiger partial charge on any atom is 0.248 e. The minimum Gasteiger partial charge on any atom is -0.493 e. The van der Waals surface area contributed by atoms with Crippen LogP contribution in [0.1, 0.15) is 5.89 Å².